The molecule has 1 atom stereocenters. The number of hydrogen-bond donors (Lipinski definition) is 0. The Morgan fingerprint density at radius 2 is 1.85 bits per heavy atom. The van der Waals surface area contributed by atoms with Gasteiger partial charge >= 0.3 is 0 Å². The molecule has 20 heavy (non-hydrogen) atoms. The van der Waals surface area contributed by atoms with Gasteiger partial charge in [0, 0.05) is 49.7 Å². The Balaban J connectivity index is 2.01. The molecule has 5 nitrogen and oxygen atoms in total. The van der Waals surface area contributed by atoms with Crippen molar-refractivity contribution in [1.29, 1.82) is 0 Å². The van der Waals surface area contributed by atoms with Gasteiger partial charge < -0.3 is 4.90 Å². The van der Waals surface area contributed by atoms with Crippen LogP contribution in [-0.4, -0.2) is 41.0 Å². The highest BCUT2D eigenvalue weighted by molar-refractivity contribution is 7.09. The Hall–Kier alpha value is -1.53. The highest BCUT2D eigenvalue weighted by atomic mass is 32.1. The van der Waals surface area contributed by atoms with Gasteiger partial charge in [-0.2, -0.15) is 0 Å². The summed E-state index contributed by atoms with van der Waals surface area (Å²) in [6.07, 6.45) is 3.78. The van der Waals surface area contributed by atoms with E-state index in [9.17, 15) is 0 Å². The molecule has 0 spiro atoms. The van der Waals surface area contributed by atoms with Gasteiger partial charge in [-0.15, -0.1) is 11.3 Å². The summed E-state index contributed by atoms with van der Waals surface area (Å²) in [4.78, 5) is 17.4. The monoisotopic (exact) mass is 291 g/mol. The van der Waals surface area contributed by atoms with Crippen LogP contribution in [0.1, 0.15) is 29.2 Å². The van der Waals surface area contributed by atoms with Crippen molar-refractivity contribution < 1.29 is 0 Å². The third-order valence-corrected chi connectivity index (χ3v) is 4.31. The Labute approximate surface area is 124 Å². The zero-order chi connectivity index (χ0) is 14.7. The predicted octanol–water partition coefficient (Wildman–Crippen LogP) is 2.50. The topological polar surface area (TPSA) is 45.2 Å². The molecule has 0 saturated heterocycles. The van der Waals surface area contributed by atoms with Crippen LogP contribution in [0.2, 0.25) is 0 Å². The lowest BCUT2D eigenvalue weighted by atomic mass is 10.2. The summed E-state index contributed by atoms with van der Waals surface area (Å²) in [6.45, 7) is 5.02. The lowest BCUT2D eigenvalue weighted by molar-refractivity contribution is 0.252. The van der Waals surface area contributed by atoms with E-state index in [-0.39, 0.29) is 0 Å². The molecular formula is C14H21N5S. The Morgan fingerprint density at radius 1 is 1.20 bits per heavy atom. The molecule has 0 bridgehead atoms. The molecule has 0 fully saturated rings. The second-order valence-corrected chi connectivity index (χ2v) is 6.09. The first-order chi connectivity index (χ1) is 9.47. The van der Waals surface area contributed by atoms with Gasteiger partial charge in [-0.1, -0.05) is 0 Å². The largest absolute Gasteiger partial charge is 0.347 e. The van der Waals surface area contributed by atoms with Gasteiger partial charge in [0.05, 0.1) is 6.04 Å². The predicted molar refractivity (Wildman–Crippen MR) is 83.1 cm³/mol. The van der Waals surface area contributed by atoms with Crippen LogP contribution < -0.4 is 4.90 Å². The Kier molecular flexibility index (Phi) is 4.67. The maximum atomic E-state index is 4.55. The summed E-state index contributed by atoms with van der Waals surface area (Å²) in [6, 6.07) is 0.294. The van der Waals surface area contributed by atoms with Gasteiger partial charge in [-0.3, -0.25) is 4.90 Å². The molecule has 0 aliphatic rings. The second-order valence-electron chi connectivity index (χ2n) is 5.20. The second kappa shape index (κ2) is 6.28. The van der Waals surface area contributed by atoms with Crippen molar-refractivity contribution in [3.05, 3.63) is 34.0 Å². The zero-order valence-electron chi connectivity index (χ0n) is 12.7. The van der Waals surface area contributed by atoms with Crippen LogP contribution >= 0.6 is 11.3 Å². The molecule has 2 rings (SSSR count). The van der Waals surface area contributed by atoms with E-state index < -0.39 is 0 Å². The van der Waals surface area contributed by atoms with Crippen LogP contribution in [0, 0.1) is 6.92 Å². The zero-order valence-corrected chi connectivity index (χ0v) is 13.5. The van der Waals surface area contributed by atoms with Gasteiger partial charge in [0.1, 0.15) is 5.01 Å². The van der Waals surface area contributed by atoms with Crippen LogP contribution in [0.15, 0.2) is 17.8 Å². The van der Waals surface area contributed by atoms with E-state index >= 15 is 0 Å². The highest BCUT2D eigenvalue weighted by Gasteiger charge is 2.15. The lowest BCUT2D eigenvalue weighted by Crippen LogP contribution is -2.22. The van der Waals surface area contributed by atoms with Crippen molar-refractivity contribution in [3.63, 3.8) is 0 Å². The quantitative estimate of drug-likeness (QED) is 0.847. The standard InChI is InChI=1S/C14H21N5S/c1-10-9-20-13(17-10)11(2)19(5)8-12-6-15-14(16-7-12)18(3)4/h6-7,9,11H,8H2,1-5H3/t11-/m0/s1. The average molecular weight is 291 g/mol. The fraction of sp³-hybridized carbons (Fsp3) is 0.500. The summed E-state index contributed by atoms with van der Waals surface area (Å²) in [5, 5.41) is 3.24. The number of hydrogen-bond acceptors (Lipinski definition) is 6. The van der Waals surface area contributed by atoms with Gasteiger partial charge in [-0.25, -0.2) is 15.0 Å². The fourth-order valence-corrected chi connectivity index (χ4v) is 2.76. The van der Waals surface area contributed by atoms with E-state index in [4.69, 9.17) is 0 Å². The van der Waals surface area contributed by atoms with Crippen LogP contribution in [0.3, 0.4) is 0 Å². The van der Waals surface area contributed by atoms with E-state index in [0.717, 1.165) is 28.8 Å². The van der Waals surface area contributed by atoms with Crippen molar-refractivity contribution in [2.45, 2.75) is 26.4 Å². The smallest absolute Gasteiger partial charge is 0.224 e. The third kappa shape index (κ3) is 3.52. The number of aromatic nitrogens is 3. The first-order valence-electron chi connectivity index (χ1n) is 6.58. The summed E-state index contributed by atoms with van der Waals surface area (Å²) in [5.41, 5.74) is 2.20. The SMILES string of the molecule is Cc1csc([C@H](C)N(C)Cc2cnc(N(C)C)nc2)n1. The first kappa shape index (κ1) is 14.9. The van der Waals surface area contributed by atoms with Crippen molar-refractivity contribution in [2.75, 3.05) is 26.0 Å². The van der Waals surface area contributed by atoms with Crippen LogP contribution in [0.25, 0.3) is 0 Å². The van der Waals surface area contributed by atoms with Crippen molar-refractivity contribution in [3.8, 4) is 0 Å². The number of thiazole rings is 1. The maximum absolute atomic E-state index is 4.55. The van der Waals surface area contributed by atoms with E-state index in [0.29, 0.717) is 6.04 Å². The molecule has 108 valence electrons. The number of anilines is 1. The minimum absolute atomic E-state index is 0.294. The minimum Gasteiger partial charge on any atom is -0.347 e. The van der Waals surface area contributed by atoms with Crippen molar-refractivity contribution in [2.24, 2.45) is 0 Å². The average Bonchev–Trinajstić information content (AvgIpc) is 2.85. The first-order valence-corrected chi connectivity index (χ1v) is 7.46. The summed E-state index contributed by atoms with van der Waals surface area (Å²) >= 11 is 1.71. The molecule has 0 aliphatic carbocycles. The van der Waals surface area contributed by atoms with E-state index in [1.54, 1.807) is 11.3 Å². The molecule has 2 aromatic rings. The van der Waals surface area contributed by atoms with Gasteiger partial charge in [-0.05, 0) is 20.9 Å². The highest BCUT2D eigenvalue weighted by Crippen LogP contribution is 2.23. The van der Waals surface area contributed by atoms with Crippen molar-refractivity contribution in [1.82, 2.24) is 19.9 Å². The van der Waals surface area contributed by atoms with Crippen LogP contribution in [0.4, 0.5) is 5.95 Å². The van der Waals surface area contributed by atoms with Gasteiger partial charge in [0.15, 0.2) is 0 Å². The van der Waals surface area contributed by atoms with Crippen LogP contribution in [0.5, 0.6) is 0 Å². The minimum atomic E-state index is 0.294. The summed E-state index contributed by atoms with van der Waals surface area (Å²) in [7, 11) is 5.98. The molecule has 0 aliphatic heterocycles. The molecule has 0 saturated carbocycles. The van der Waals surface area contributed by atoms with E-state index in [1.807, 2.05) is 38.3 Å². The number of aryl methyl sites for hydroxylation is 1. The molecule has 0 aromatic carbocycles. The van der Waals surface area contributed by atoms with E-state index in [2.05, 4.69) is 39.2 Å². The normalized spacial score (nSPS) is 12.7. The third-order valence-electron chi connectivity index (χ3n) is 3.18. The molecule has 2 heterocycles. The van der Waals surface area contributed by atoms with E-state index in [1.165, 1.54) is 0 Å². The maximum Gasteiger partial charge on any atom is 0.224 e. The molecule has 0 N–H and O–H groups in total. The van der Waals surface area contributed by atoms with Gasteiger partial charge in [0.2, 0.25) is 5.95 Å². The van der Waals surface area contributed by atoms with Crippen molar-refractivity contribution >= 4 is 17.3 Å². The number of nitrogens with zero attached hydrogens (tertiary/aromatic N) is 5. The molecule has 2 aromatic heterocycles. The molecule has 0 unspecified atom stereocenters. The summed E-state index contributed by atoms with van der Waals surface area (Å²) < 4.78 is 0. The molecule has 0 radical (unpaired) electrons. The molecular weight excluding hydrogens is 270 g/mol. The molecule has 6 heteroatoms. The Morgan fingerprint density at radius 3 is 2.35 bits per heavy atom. The van der Waals surface area contributed by atoms with Gasteiger partial charge in [0.25, 0.3) is 0 Å². The Bertz CT molecular complexity index is 549. The summed E-state index contributed by atoms with van der Waals surface area (Å²) in [5.74, 6) is 0.736. The fourth-order valence-electron chi connectivity index (χ4n) is 1.84. The van der Waals surface area contributed by atoms with Crippen LogP contribution in [-0.2, 0) is 6.54 Å². The number of rotatable bonds is 5. The molecule has 0 amide bonds. The lowest BCUT2D eigenvalue weighted by Gasteiger charge is -2.22.